The van der Waals surface area contributed by atoms with Crippen LogP contribution in [0.4, 0.5) is 5.69 Å². The van der Waals surface area contributed by atoms with Crippen LogP contribution in [-0.4, -0.2) is 31.4 Å². The fourth-order valence-corrected chi connectivity index (χ4v) is 3.54. The fourth-order valence-electron chi connectivity index (χ4n) is 2.97. The van der Waals surface area contributed by atoms with E-state index in [0.29, 0.717) is 18.0 Å². The molecule has 0 radical (unpaired) electrons. The minimum atomic E-state index is -0.396. The summed E-state index contributed by atoms with van der Waals surface area (Å²) >= 11 is 3.38. The molecule has 4 nitrogen and oxygen atoms in total. The molecule has 0 unspecified atom stereocenters. The molecule has 2 aliphatic heterocycles. The summed E-state index contributed by atoms with van der Waals surface area (Å²) in [4.78, 5) is 26.0. The van der Waals surface area contributed by atoms with Gasteiger partial charge in [0.25, 0.3) is 11.7 Å². The summed E-state index contributed by atoms with van der Waals surface area (Å²) < 4.78 is 6.18. The summed E-state index contributed by atoms with van der Waals surface area (Å²) in [6.07, 6.45) is 1.89. The molecule has 0 aromatic heterocycles. The summed E-state index contributed by atoms with van der Waals surface area (Å²) in [5.41, 5.74) is 2.27. The van der Waals surface area contributed by atoms with Crippen LogP contribution in [0.1, 0.15) is 28.8 Å². The topological polar surface area (TPSA) is 46.6 Å². The molecule has 106 valence electrons. The number of ketones is 1. The van der Waals surface area contributed by atoms with Crippen LogP contribution in [0.3, 0.4) is 0 Å². The smallest absolute Gasteiger partial charge is 0.299 e. The maximum atomic E-state index is 12.2. The molecule has 2 aliphatic rings. The number of amides is 1. The Hall–Kier alpha value is -1.20. The lowest BCUT2D eigenvalue weighted by molar-refractivity contribution is -0.114. The van der Waals surface area contributed by atoms with Gasteiger partial charge in [0.05, 0.1) is 11.3 Å². The van der Waals surface area contributed by atoms with Gasteiger partial charge >= 0.3 is 0 Å². The van der Waals surface area contributed by atoms with E-state index in [-0.39, 0.29) is 0 Å². The molecule has 2 heterocycles. The van der Waals surface area contributed by atoms with Crippen molar-refractivity contribution in [2.75, 3.05) is 24.7 Å². The third kappa shape index (κ3) is 2.29. The van der Waals surface area contributed by atoms with E-state index in [1.165, 1.54) is 0 Å². The van der Waals surface area contributed by atoms with Crippen molar-refractivity contribution in [1.82, 2.24) is 0 Å². The molecule has 5 heteroatoms. The number of rotatable bonds is 2. The molecule has 0 spiro atoms. The zero-order valence-electron chi connectivity index (χ0n) is 11.3. The first-order valence-electron chi connectivity index (χ1n) is 6.82. The molecule has 20 heavy (non-hydrogen) atoms. The molecule has 1 saturated heterocycles. The van der Waals surface area contributed by atoms with Crippen LogP contribution in [0.2, 0.25) is 0 Å². The first-order valence-corrected chi connectivity index (χ1v) is 7.61. The van der Waals surface area contributed by atoms with Crippen molar-refractivity contribution in [3.8, 4) is 0 Å². The molecule has 0 aliphatic carbocycles. The van der Waals surface area contributed by atoms with Gasteiger partial charge in [0.1, 0.15) is 0 Å². The van der Waals surface area contributed by atoms with Gasteiger partial charge in [0, 0.05) is 24.2 Å². The van der Waals surface area contributed by atoms with Crippen LogP contribution < -0.4 is 4.90 Å². The monoisotopic (exact) mass is 337 g/mol. The Balaban J connectivity index is 1.93. The fraction of sp³-hybridized carbons (Fsp3) is 0.467. The molecule has 1 amide bonds. The van der Waals surface area contributed by atoms with Crippen molar-refractivity contribution >= 4 is 33.3 Å². The number of aryl methyl sites for hydroxylation is 1. The number of nitrogens with zero attached hydrogens (tertiary/aromatic N) is 1. The standard InChI is InChI=1S/C15H16BrNO3/c1-9-6-11(16)7-12-13(9)17(15(19)14(12)18)8-10-2-4-20-5-3-10/h6-7,10H,2-5,8H2,1H3. The molecule has 0 atom stereocenters. The second-order valence-corrected chi connectivity index (χ2v) is 6.34. The molecule has 0 bridgehead atoms. The van der Waals surface area contributed by atoms with E-state index in [9.17, 15) is 9.59 Å². The van der Waals surface area contributed by atoms with Gasteiger partial charge in [-0.25, -0.2) is 0 Å². The van der Waals surface area contributed by atoms with Crippen LogP contribution in [0, 0.1) is 12.8 Å². The van der Waals surface area contributed by atoms with Gasteiger partial charge in [-0.3, -0.25) is 9.59 Å². The Morgan fingerprint density at radius 1 is 1.30 bits per heavy atom. The highest BCUT2D eigenvalue weighted by molar-refractivity contribution is 9.10. The van der Waals surface area contributed by atoms with E-state index in [1.807, 2.05) is 13.0 Å². The van der Waals surface area contributed by atoms with Crippen LogP contribution >= 0.6 is 15.9 Å². The highest BCUT2D eigenvalue weighted by Gasteiger charge is 2.38. The Morgan fingerprint density at radius 3 is 2.70 bits per heavy atom. The average Bonchev–Trinajstić information content (AvgIpc) is 2.65. The number of ether oxygens (including phenoxy) is 1. The van der Waals surface area contributed by atoms with Gasteiger partial charge in [-0.2, -0.15) is 0 Å². The minimum Gasteiger partial charge on any atom is -0.381 e. The maximum Gasteiger partial charge on any atom is 0.299 e. The van der Waals surface area contributed by atoms with Crippen molar-refractivity contribution in [2.24, 2.45) is 5.92 Å². The van der Waals surface area contributed by atoms with E-state index in [1.54, 1.807) is 11.0 Å². The molecule has 1 aromatic rings. The number of benzene rings is 1. The Morgan fingerprint density at radius 2 is 2.00 bits per heavy atom. The quantitative estimate of drug-likeness (QED) is 0.779. The Labute approximate surface area is 126 Å². The maximum absolute atomic E-state index is 12.2. The molecular weight excluding hydrogens is 322 g/mol. The summed E-state index contributed by atoms with van der Waals surface area (Å²) in [7, 11) is 0. The molecule has 1 fully saturated rings. The highest BCUT2D eigenvalue weighted by atomic mass is 79.9. The zero-order chi connectivity index (χ0) is 14.3. The third-order valence-electron chi connectivity index (χ3n) is 4.00. The lowest BCUT2D eigenvalue weighted by Gasteiger charge is -2.27. The van der Waals surface area contributed by atoms with E-state index >= 15 is 0 Å². The lowest BCUT2D eigenvalue weighted by atomic mass is 9.99. The number of fused-ring (bicyclic) bond motifs is 1. The van der Waals surface area contributed by atoms with E-state index in [2.05, 4.69) is 15.9 Å². The predicted molar refractivity (Wildman–Crippen MR) is 79.1 cm³/mol. The lowest BCUT2D eigenvalue weighted by Crippen LogP contribution is -2.36. The number of hydrogen-bond acceptors (Lipinski definition) is 3. The highest BCUT2D eigenvalue weighted by Crippen LogP contribution is 2.36. The summed E-state index contributed by atoms with van der Waals surface area (Å²) in [6.45, 7) is 4.04. The number of carbonyl (C=O) groups excluding carboxylic acids is 2. The number of anilines is 1. The molecular formula is C15H16BrNO3. The minimum absolute atomic E-state index is 0.392. The average molecular weight is 338 g/mol. The Bertz CT molecular complexity index is 579. The summed E-state index contributed by atoms with van der Waals surface area (Å²) in [5, 5.41) is 0. The van der Waals surface area contributed by atoms with Crippen molar-refractivity contribution in [3.05, 3.63) is 27.7 Å². The van der Waals surface area contributed by atoms with E-state index < -0.39 is 11.7 Å². The van der Waals surface area contributed by atoms with E-state index in [4.69, 9.17) is 4.74 Å². The predicted octanol–water partition coefficient (Wildman–Crippen LogP) is 2.71. The molecule has 0 saturated carbocycles. The third-order valence-corrected chi connectivity index (χ3v) is 4.46. The normalized spacial score (nSPS) is 19.6. The molecule has 1 aromatic carbocycles. The van der Waals surface area contributed by atoms with E-state index in [0.717, 1.165) is 41.8 Å². The molecule has 3 rings (SSSR count). The number of hydrogen-bond donors (Lipinski definition) is 0. The number of carbonyl (C=O) groups is 2. The first-order chi connectivity index (χ1) is 9.58. The van der Waals surface area contributed by atoms with Crippen molar-refractivity contribution in [2.45, 2.75) is 19.8 Å². The van der Waals surface area contributed by atoms with Crippen LogP contribution in [0.15, 0.2) is 16.6 Å². The second kappa shape index (κ2) is 5.30. The molecule has 0 N–H and O–H groups in total. The van der Waals surface area contributed by atoms with Crippen molar-refractivity contribution < 1.29 is 14.3 Å². The SMILES string of the molecule is Cc1cc(Br)cc2c1N(CC1CCOCC1)C(=O)C2=O. The van der Waals surface area contributed by atoms with Gasteiger partial charge in [0.2, 0.25) is 0 Å². The summed E-state index contributed by atoms with van der Waals surface area (Å²) in [6, 6.07) is 3.69. The number of Topliss-reactive ketones (excluding diaryl/α,β-unsaturated/α-hetero) is 1. The first kappa shape index (κ1) is 13.8. The second-order valence-electron chi connectivity index (χ2n) is 5.42. The summed E-state index contributed by atoms with van der Waals surface area (Å²) in [5.74, 6) is -0.376. The van der Waals surface area contributed by atoms with Crippen molar-refractivity contribution in [1.29, 1.82) is 0 Å². The largest absolute Gasteiger partial charge is 0.381 e. The van der Waals surface area contributed by atoms with Gasteiger partial charge < -0.3 is 9.64 Å². The number of halogens is 1. The Kier molecular flexibility index (Phi) is 3.65. The van der Waals surface area contributed by atoms with Gasteiger partial charge in [-0.05, 0) is 43.4 Å². The van der Waals surface area contributed by atoms with Crippen molar-refractivity contribution in [3.63, 3.8) is 0 Å². The van der Waals surface area contributed by atoms with Gasteiger partial charge in [0.15, 0.2) is 0 Å². The zero-order valence-corrected chi connectivity index (χ0v) is 12.9. The van der Waals surface area contributed by atoms with Gasteiger partial charge in [-0.1, -0.05) is 15.9 Å². The van der Waals surface area contributed by atoms with Crippen LogP contribution in [-0.2, 0) is 9.53 Å². The van der Waals surface area contributed by atoms with Crippen LogP contribution in [0.5, 0.6) is 0 Å². The van der Waals surface area contributed by atoms with Crippen LogP contribution in [0.25, 0.3) is 0 Å². The van der Waals surface area contributed by atoms with Gasteiger partial charge in [-0.15, -0.1) is 0 Å².